The number of halogens is 1. The second-order valence-corrected chi connectivity index (χ2v) is 4.71. The number of rotatable bonds is 6. The van der Waals surface area contributed by atoms with E-state index in [-0.39, 0.29) is 5.97 Å². The molecule has 1 fully saturated rings. The minimum atomic E-state index is -0.168. The summed E-state index contributed by atoms with van der Waals surface area (Å²) in [6.45, 7) is 1.00. The molecule has 1 aromatic rings. The van der Waals surface area contributed by atoms with Gasteiger partial charge in [0.1, 0.15) is 6.61 Å². The minimum Gasteiger partial charge on any atom is -0.461 e. The fourth-order valence-electron chi connectivity index (χ4n) is 1.53. The van der Waals surface area contributed by atoms with E-state index in [0.717, 1.165) is 5.56 Å². The molecule has 1 aromatic carbocycles. The normalized spacial score (nSPS) is 14.6. The Morgan fingerprint density at radius 2 is 2.29 bits per heavy atom. The first-order valence-corrected chi connectivity index (χ1v) is 6.25. The molecule has 2 rings (SSSR count). The van der Waals surface area contributed by atoms with Crippen LogP contribution in [0.15, 0.2) is 24.3 Å². The number of esters is 1. The van der Waals surface area contributed by atoms with Crippen LogP contribution >= 0.6 is 11.6 Å². The summed E-state index contributed by atoms with van der Waals surface area (Å²) >= 11 is 5.84. The highest BCUT2D eigenvalue weighted by molar-refractivity contribution is 6.30. The van der Waals surface area contributed by atoms with Gasteiger partial charge in [0.2, 0.25) is 0 Å². The van der Waals surface area contributed by atoms with Gasteiger partial charge in [-0.05, 0) is 30.5 Å². The molecule has 4 heteroatoms. The van der Waals surface area contributed by atoms with Crippen LogP contribution in [0, 0.1) is 0 Å². The molecular formula is C13H16ClNO2. The Kier molecular flexibility index (Phi) is 4.40. The van der Waals surface area contributed by atoms with Crippen LogP contribution in [0.3, 0.4) is 0 Å². The molecule has 3 nitrogen and oxygen atoms in total. The van der Waals surface area contributed by atoms with Crippen molar-refractivity contribution in [2.75, 3.05) is 6.54 Å². The SMILES string of the molecule is O=C(CCNC1CC1)OCc1cccc(Cl)c1. The molecule has 0 radical (unpaired) electrons. The summed E-state index contributed by atoms with van der Waals surface area (Å²) in [6.07, 6.45) is 2.90. The second-order valence-electron chi connectivity index (χ2n) is 4.27. The van der Waals surface area contributed by atoms with Gasteiger partial charge in [-0.3, -0.25) is 4.79 Å². The van der Waals surface area contributed by atoms with Crippen molar-refractivity contribution < 1.29 is 9.53 Å². The summed E-state index contributed by atoms with van der Waals surface area (Å²) in [6, 6.07) is 7.97. The number of carbonyl (C=O) groups is 1. The van der Waals surface area contributed by atoms with Gasteiger partial charge >= 0.3 is 5.97 Å². The summed E-state index contributed by atoms with van der Waals surface area (Å²) in [7, 11) is 0. The van der Waals surface area contributed by atoms with Crippen LogP contribution < -0.4 is 5.32 Å². The maximum atomic E-state index is 11.4. The molecule has 0 atom stereocenters. The van der Waals surface area contributed by atoms with Crippen molar-refractivity contribution in [1.29, 1.82) is 0 Å². The fraction of sp³-hybridized carbons (Fsp3) is 0.462. The highest BCUT2D eigenvalue weighted by Crippen LogP contribution is 2.18. The predicted octanol–water partition coefficient (Wildman–Crippen LogP) is 2.53. The molecule has 0 heterocycles. The van der Waals surface area contributed by atoms with E-state index in [2.05, 4.69) is 5.32 Å². The van der Waals surface area contributed by atoms with Crippen molar-refractivity contribution in [2.24, 2.45) is 0 Å². The lowest BCUT2D eigenvalue weighted by atomic mass is 10.2. The van der Waals surface area contributed by atoms with Crippen LogP contribution in [-0.2, 0) is 16.1 Å². The number of carbonyl (C=O) groups excluding carboxylic acids is 1. The minimum absolute atomic E-state index is 0.168. The molecule has 1 N–H and O–H groups in total. The summed E-state index contributed by atoms with van der Waals surface area (Å²) in [5.41, 5.74) is 0.918. The molecule has 0 saturated heterocycles. The van der Waals surface area contributed by atoms with Gasteiger partial charge in [-0.1, -0.05) is 23.7 Å². The van der Waals surface area contributed by atoms with Crippen molar-refractivity contribution in [1.82, 2.24) is 5.32 Å². The van der Waals surface area contributed by atoms with E-state index < -0.39 is 0 Å². The van der Waals surface area contributed by atoms with Crippen molar-refractivity contribution in [3.05, 3.63) is 34.9 Å². The molecule has 0 amide bonds. The van der Waals surface area contributed by atoms with E-state index in [4.69, 9.17) is 16.3 Å². The van der Waals surface area contributed by atoms with E-state index in [0.29, 0.717) is 30.6 Å². The molecule has 0 aromatic heterocycles. The van der Waals surface area contributed by atoms with E-state index in [1.807, 2.05) is 12.1 Å². The largest absolute Gasteiger partial charge is 0.461 e. The standard InChI is InChI=1S/C13H16ClNO2/c14-11-3-1-2-10(8-11)9-17-13(16)6-7-15-12-4-5-12/h1-3,8,12,15H,4-7,9H2. The molecular weight excluding hydrogens is 238 g/mol. The van der Waals surface area contributed by atoms with Gasteiger partial charge in [0.15, 0.2) is 0 Å². The summed E-state index contributed by atoms with van der Waals surface area (Å²) < 4.78 is 5.15. The molecule has 0 spiro atoms. The first-order valence-electron chi connectivity index (χ1n) is 5.87. The maximum absolute atomic E-state index is 11.4. The average Bonchev–Trinajstić information content (AvgIpc) is 3.11. The lowest BCUT2D eigenvalue weighted by molar-refractivity contribution is -0.144. The third-order valence-electron chi connectivity index (χ3n) is 2.63. The van der Waals surface area contributed by atoms with Gasteiger partial charge in [-0.2, -0.15) is 0 Å². The third kappa shape index (κ3) is 4.75. The first-order chi connectivity index (χ1) is 8.24. The lowest BCUT2D eigenvalue weighted by Gasteiger charge is -2.05. The fourth-order valence-corrected chi connectivity index (χ4v) is 1.74. The van der Waals surface area contributed by atoms with Crippen LogP contribution in [0.25, 0.3) is 0 Å². The lowest BCUT2D eigenvalue weighted by Crippen LogP contribution is -2.21. The van der Waals surface area contributed by atoms with Crippen LogP contribution in [0.4, 0.5) is 0 Å². The zero-order chi connectivity index (χ0) is 12.1. The van der Waals surface area contributed by atoms with Crippen LogP contribution in [0.1, 0.15) is 24.8 Å². The summed E-state index contributed by atoms with van der Waals surface area (Å²) in [5.74, 6) is -0.168. The molecule has 1 saturated carbocycles. The number of nitrogens with one attached hydrogen (secondary N) is 1. The molecule has 92 valence electrons. The Hall–Kier alpha value is -1.06. The van der Waals surface area contributed by atoms with Crippen molar-refractivity contribution in [2.45, 2.75) is 31.9 Å². The van der Waals surface area contributed by atoms with Crippen LogP contribution in [-0.4, -0.2) is 18.6 Å². The van der Waals surface area contributed by atoms with Crippen LogP contribution in [0.2, 0.25) is 5.02 Å². The average molecular weight is 254 g/mol. The number of hydrogen-bond acceptors (Lipinski definition) is 3. The van der Waals surface area contributed by atoms with Gasteiger partial charge in [-0.25, -0.2) is 0 Å². The topological polar surface area (TPSA) is 38.3 Å². The quantitative estimate of drug-likeness (QED) is 0.792. The Morgan fingerprint density at radius 1 is 1.47 bits per heavy atom. The van der Waals surface area contributed by atoms with E-state index in [9.17, 15) is 4.79 Å². The van der Waals surface area contributed by atoms with Crippen molar-refractivity contribution >= 4 is 17.6 Å². The Morgan fingerprint density at radius 3 is 3.00 bits per heavy atom. The Bertz CT molecular complexity index is 391. The summed E-state index contributed by atoms with van der Waals surface area (Å²) in [4.78, 5) is 11.4. The van der Waals surface area contributed by atoms with Gasteiger partial charge < -0.3 is 10.1 Å². The van der Waals surface area contributed by atoms with Gasteiger partial charge in [-0.15, -0.1) is 0 Å². The monoisotopic (exact) mass is 253 g/mol. The molecule has 1 aliphatic carbocycles. The van der Waals surface area contributed by atoms with Crippen LogP contribution in [0.5, 0.6) is 0 Å². The zero-order valence-electron chi connectivity index (χ0n) is 9.62. The van der Waals surface area contributed by atoms with E-state index >= 15 is 0 Å². The smallest absolute Gasteiger partial charge is 0.307 e. The van der Waals surface area contributed by atoms with Crippen molar-refractivity contribution in [3.8, 4) is 0 Å². The zero-order valence-corrected chi connectivity index (χ0v) is 10.4. The van der Waals surface area contributed by atoms with Crippen molar-refractivity contribution in [3.63, 3.8) is 0 Å². The first kappa shape index (κ1) is 12.4. The maximum Gasteiger partial charge on any atom is 0.307 e. The highest BCUT2D eigenvalue weighted by atomic mass is 35.5. The molecule has 0 aliphatic heterocycles. The second kappa shape index (κ2) is 6.03. The van der Waals surface area contributed by atoms with E-state index in [1.54, 1.807) is 12.1 Å². The van der Waals surface area contributed by atoms with Gasteiger partial charge in [0.25, 0.3) is 0 Å². The highest BCUT2D eigenvalue weighted by Gasteiger charge is 2.20. The number of hydrogen-bond donors (Lipinski definition) is 1. The predicted molar refractivity (Wildman–Crippen MR) is 66.9 cm³/mol. The number of benzene rings is 1. The Labute approximate surface area is 106 Å². The van der Waals surface area contributed by atoms with Gasteiger partial charge in [0.05, 0.1) is 6.42 Å². The van der Waals surface area contributed by atoms with E-state index in [1.165, 1.54) is 12.8 Å². The molecule has 0 bridgehead atoms. The molecule has 17 heavy (non-hydrogen) atoms. The molecule has 0 unspecified atom stereocenters. The third-order valence-corrected chi connectivity index (χ3v) is 2.86. The summed E-state index contributed by atoms with van der Waals surface area (Å²) in [5, 5.41) is 3.93. The molecule has 1 aliphatic rings. The number of ether oxygens (including phenoxy) is 1. The Balaban J connectivity index is 1.64. The van der Waals surface area contributed by atoms with Gasteiger partial charge in [0, 0.05) is 17.6 Å².